The van der Waals surface area contributed by atoms with Gasteiger partial charge in [0.1, 0.15) is 5.60 Å². The predicted molar refractivity (Wildman–Crippen MR) is 44.2 cm³/mol. The lowest BCUT2D eigenvalue weighted by molar-refractivity contribution is -0.0168. The molecule has 0 bridgehead atoms. The van der Waals surface area contributed by atoms with Crippen LogP contribution in [0.25, 0.3) is 0 Å². The first-order chi connectivity index (χ1) is 6.12. The van der Waals surface area contributed by atoms with Gasteiger partial charge in [-0.15, -0.1) is 0 Å². The summed E-state index contributed by atoms with van der Waals surface area (Å²) in [6.07, 6.45) is 3.62. The van der Waals surface area contributed by atoms with Crippen LogP contribution in [0.15, 0.2) is 0 Å². The fraction of sp³-hybridized carbons (Fsp3) is 0.889. The van der Waals surface area contributed by atoms with Crippen LogP contribution in [0.2, 0.25) is 0 Å². The first kappa shape index (κ1) is 8.81. The molecule has 0 aromatic rings. The molecule has 1 unspecified atom stereocenters. The van der Waals surface area contributed by atoms with Crippen molar-refractivity contribution in [3.8, 4) is 0 Å². The average molecular weight is 186 g/mol. The smallest absolute Gasteiger partial charge is 0.438 e. The van der Waals surface area contributed by atoms with E-state index in [1.54, 1.807) is 6.92 Å². The molecule has 2 rings (SSSR count). The maximum Gasteiger partial charge on any atom is 0.510 e. The molecule has 0 aromatic heterocycles. The van der Waals surface area contributed by atoms with Gasteiger partial charge < -0.3 is 14.2 Å². The van der Waals surface area contributed by atoms with E-state index in [1.165, 1.54) is 7.11 Å². The maximum absolute atomic E-state index is 10.9. The molecule has 0 aromatic carbocycles. The van der Waals surface area contributed by atoms with Crippen molar-refractivity contribution in [2.24, 2.45) is 0 Å². The van der Waals surface area contributed by atoms with Crippen LogP contribution in [-0.2, 0) is 14.2 Å². The van der Waals surface area contributed by atoms with Gasteiger partial charge in [0, 0.05) is 6.92 Å². The van der Waals surface area contributed by atoms with Gasteiger partial charge in [0.05, 0.1) is 7.11 Å². The largest absolute Gasteiger partial charge is 0.510 e. The highest BCUT2D eigenvalue weighted by Gasteiger charge is 2.71. The van der Waals surface area contributed by atoms with Crippen molar-refractivity contribution < 1.29 is 19.0 Å². The first-order valence-corrected chi connectivity index (χ1v) is 4.59. The van der Waals surface area contributed by atoms with Crippen molar-refractivity contribution in [2.75, 3.05) is 7.11 Å². The summed E-state index contributed by atoms with van der Waals surface area (Å²) in [5.74, 6) is -0.726. The highest BCUT2D eigenvalue weighted by atomic mass is 16.9. The second-order valence-corrected chi connectivity index (χ2v) is 3.81. The van der Waals surface area contributed by atoms with Crippen molar-refractivity contribution in [1.82, 2.24) is 0 Å². The molecule has 0 N–H and O–H groups in total. The van der Waals surface area contributed by atoms with Gasteiger partial charge in [-0.1, -0.05) is 12.8 Å². The number of ether oxygens (including phenoxy) is 3. The minimum absolute atomic E-state index is 0.193. The Morgan fingerprint density at radius 2 is 2.00 bits per heavy atom. The van der Waals surface area contributed by atoms with Gasteiger partial charge in [-0.05, 0) is 12.8 Å². The van der Waals surface area contributed by atoms with E-state index < -0.39 is 11.9 Å². The number of epoxide rings is 1. The summed E-state index contributed by atoms with van der Waals surface area (Å²) in [4.78, 5) is 10.9. The minimum atomic E-state index is -0.726. The molecule has 2 fully saturated rings. The Labute approximate surface area is 77.1 Å². The number of methoxy groups -OCH3 is 1. The molecule has 1 saturated heterocycles. The zero-order chi connectivity index (χ0) is 9.53. The second kappa shape index (κ2) is 2.61. The van der Waals surface area contributed by atoms with Crippen molar-refractivity contribution in [3.63, 3.8) is 0 Å². The fourth-order valence-electron chi connectivity index (χ4n) is 2.16. The number of carbonyl (C=O) groups is 1. The molecule has 1 aliphatic heterocycles. The van der Waals surface area contributed by atoms with Gasteiger partial charge in [0.25, 0.3) is 0 Å². The summed E-state index contributed by atoms with van der Waals surface area (Å²) < 4.78 is 15.0. The zero-order valence-electron chi connectivity index (χ0n) is 7.96. The first-order valence-electron chi connectivity index (χ1n) is 4.59. The molecule has 1 atom stereocenters. The summed E-state index contributed by atoms with van der Waals surface area (Å²) in [5.41, 5.74) is -0.193. The monoisotopic (exact) mass is 186 g/mol. The number of hydrogen-bond acceptors (Lipinski definition) is 4. The van der Waals surface area contributed by atoms with E-state index in [0.717, 1.165) is 25.7 Å². The highest BCUT2D eigenvalue weighted by Crippen LogP contribution is 2.58. The van der Waals surface area contributed by atoms with E-state index in [1.807, 2.05) is 0 Å². The molecule has 1 saturated carbocycles. The molecular weight excluding hydrogens is 172 g/mol. The van der Waals surface area contributed by atoms with Crippen molar-refractivity contribution in [2.45, 2.75) is 44.0 Å². The van der Waals surface area contributed by atoms with Crippen molar-refractivity contribution in [3.05, 3.63) is 0 Å². The lowest BCUT2D eigenvalue weighted by Crippen LogP contribution is -2.26. The Balaban J connectivity index is 1.97. The molecule has 4 nitrogen and oxygen atoms in total. The van der Waals surface area contributed by atoms with E-state index in [4.69, 9.17) is 9.47 Å². The average Bonchev–Trinajstić information content (AvgIpc) is 2.51. The van der Waals surface area contributed by atoms with Crippen LogP contribution in [0.3, 0.4) is 0 Å². The lowest BCUT2D eigenvalue weighted by Gasteiger charge is -2.10. The third-order valence-corrected chi connectivity index (χ3v) is 3.03. The molecule has 1 heterocycles. The molecule has 0 amide bonds. The van der Waals surface area contributed by atoms with Crippen LogP contribution in [0.5, 0.6) is 0 Å². The summed E-state index contributed by atoms with van der Waals surface area (Å²) in [6, 6.07) is 0. The second-order valence-electron chi connectivity index (χ2n) is 3.81. The van der Waals surface area contributed by atoms with Crippen molar-refractivity contribution >= 4 is 6.16 Å². The summed E-state index contributed by atoms with van der Waals surface area (Å²) in [5, 5.41) is 0. The van der Waals surface area contributed by atoms with E-state index in [2.05, 4.69) is 4.74 Å². The van der Waals surface area contributed by atoms with Gasteiger partial charge in [-0.25, -0.2) is 4.79 Å². The summed E-state index contributed by atoms with van der Waals surface area (Å²) in [7, 11) is 1.30. The maximum atomic E-state index is 10.9. The molecule has 1 aliphatic carbocycles. The van der Waals surface area contributed by atoms with Crippen LogP contribution in [0, 0.1) is 0 Å². The van der Waals surface area contributed by atoms with Crippen LogP contribution in [-0.4, -0.2) is 24.7 Å². The Hall–Kier alpha value is -0.770. The molecule has 1 spiro atoms. The number of hydrogen-bond donors (Lipinski definition) is 0. The number of carbonyl (C=O) groups excluding carboxylic acids is 1. The van der Waals surface area contributed by atoms with Gasteiger partial charge in [-0.3, -0.25) is 0 Å². The van der Waals surface area contributed by atoms with Crippen LogP contribution in [0.4, 0.5) is 4.79 Å². The Morgan fingerprint density at radius 3 is 2.54 bits per heavy atom. The normalized spacial score (nSPS) is 34.6. The summed E-state index contributed by atoms with van der Waals surface area (Å²) >= 11 is 0. The van der Waals surface area contributed by atoms with E-state index >= 15 is 0 Å². The van der Waals surface area contributed by atoms with E-state index in [9.17, 15) is 4.79 Å². The van der Waals surface area contributed by atoms with Crippen LogP contribution in [0.1, 0.15) is 32.6 Å². The SMILES string of the molecule is COC(=O)OC1(C)OC12CCCC2. The minimum Gasteiger partial charge on any atom is -0.438 e. The molecule has 4 heteroatoms. The molecule has 74 valence electrons. The fourth-order valence-corrected chi connectivity index (χ4v) is 2.16. The van der Waals surface area contributed by atoms with Gasteiger partial charge in [0.2, 0.25) is 5.79 Å². The Kier molecular flexibility index (Phi) is 1.77. The van der Waals surface area contributed by atoms with Crippen molar-refractivity contribution in [1.29, 1.82) is 0 Å². The predicted octanol–water partition coefficient (Wildman–Crippen LogP) is 1.83. The molecule has 13 heavy (non-hydrogen) atoms. The third-order valence-electron chi connectivity index (χ3n) is 3.03. The number of rotatable bonds is 1. The lowest BCUT2D eigenvalue weighted by atomic mass is 10.0. The third kappa shape index (κ3) is 1.20. The standard InChI is InChI=1S/C9H14O4/c1-8(12-7(10)11-2)9(13-8)5-3-4-6-9/h3-6H2,1-2H3. The van der Waals surface area contributed by atoms with E-state index in [0.29, 0.717) is 0 Å². The molecule has 0 radical (unpaired) electrons. The topological polar surface area (TPSA) is 48.1 Å². The van der Waals surface area contributed by atoms with E-state index in [-0.39, 0.29) is 5.60 Å². The quantitative estimate of drug-likeness (QED) is 0.463. The summed E-state index contributed by atoms with van der Waals surface area (Å²) in [6.45, 7) is 1.80. The van der Waals surface area contributed by atoms with Gasteiger partial charge in [-0.2, -0.15) is 0 Å². The Morgan fingerprint density at radius 1 is 1.38 bits per heavy atom. The van der Waals surface area contributed by atoms with Crippen LogP contribution >= 0.6 is 0 Å². The zero-order valence-corrected chi connectivity index (χ0v) is 7.96. The highest BCUT2D eigenvalue weighted by molar-refractivity contribution is 5.60. The molecule has 2 aliphatic rings. The van der Waals surface area contributed by atoms with Crippen LogP contribution < -0.4 is 0 Å². The van der Waals surface area contributed by atoms with Gasteiger partial charge in [0.15, 0.2) is 0 Å². The Bertz CT molecular complexity index is 232. The van der Waals surface area contributed by atoms with Gasteiger partial charge >= 0.3 is 6.16 Å². The molecular formula is C9H14O4.